The molecule has 1 aromatic heterocycles. The van der Waals surface area contributed by atoms with Crippen molar-refractivity contribution >= 4 is 36.7 Å². The Labute approximate surface area is 111 Å². The van der Waals surface area contributed by atoms with Crippen LogP contribution in [0.2, 0.25) is 0 Å². The van der Waals surface area contributed by atoms with Crippen molar-refractivity contribution in [3.8, 4) is 0 Å². The second-order valence-electron chi connectivity index (χ2n) is 3.34. The summed E-state index contributed by atoms with van der Waals surface area (Å²) >= 11 is 0. The van der Waals surface area contributed by atoms with Gasteiger partial charge in [0, 0.05) is 17.8 Å². The molecule has 17 heavy (non-hydrogen) atoms. The minimum atomic E-state index is -1.11. The van der Waals surface area contributed by atoms with Crippen LogP contribution in [-0.2, 0) is 0 Å². The van der Waals surface area contributed by atoms with E-state index < -0.39 is 17.5 Å². The molecule has 0 fully saturated rings. The third-order valence-corrected chi connectivity index (χ3v) is 1.82. The molecule has 0 aliphatic heterocycles. The topological polar surface area (TPSA) is 64.9 Å². The van der Waals surface area contributed by atoms with Gasteiger partial charge in [-0.15, -0.1) is 24.8 Å². The smallest absolute Gasteiger partial charge is 0.201 e. The number of nitrogens with two attached hydrogens (primary N) is 2. The van der Waals surface area contributed by atoms with Crippen LogP contribution >= 0.6 is 24.8 Å². The summed E-state index contributed by atoms with van der Waals surface area (Å²) in [4.78, 5) is 3.52. The molecule has 0 aromatic carbocycles. The van der Waals surface area contributed by atoms with Gasteiger partial charge in [0.1, 0.15) is 0 Å². The Morgan fingerprint density at radius 2 is 1.94 bits per heavy atom. The van der Waals surface area contributed by atoms with Gasteiger partial charge in [0.05, 0.1) is 0 Å². The highest BCUT2D eigenvalue weighted by Crippen LogP contribution is 2.16. The standard InChI is InChI=1S/C10H13F2N3.2ClH/c1-6(13)3-2-4-7-5-15-10(14)9(12)8(7)11;;/h2,4-6H,3,13H2,1H3,(H2,14,15);2*1H/b4-2+;;/t6-;;/m0../s1. The molecule has 0 saturated heterocycles. The number of pyridine rings is 1. The number of nitrogen functional groups attached to an aromatic ring is 1. The van der Waals surface area contributed by atoms with Crippen molar-refractivity contribution in [2.75, 3.05) is 5.73 Å². The van der Waals surface area contributed by atoms with Gasteiger partial charge in [0.25, 0.3) is 0 Å². The number of halogens is 4. The molecule has 98 valence electrons. The summed E-state index contributed by atoms with van der Waals surface area (Å²) in [6.45, 7) is 1.82. The SMILES string of the molecule is C[C@H](N)C/C=C/c1cnc(N)c(F)c1F.Cl.Cl. The zero-order chi connectivity index (χ0) is 11.4. The van der Waals surface area contributed by atoms with Gasteiger partial charge in [-0.1, -0.05) is 12.2 Å². The molecule has 1 heterocycles. The van der Waals surface area contributed by atoms with Crippen LogP contribution in [0.15, 0.2) is 12.3 Å². The summed E-state index contributed by atoms with van der Waals surface area (Å²) in [7, 11) is 0. The van der Waals surface area contributed by atoms with E-state index in [9.17, 15) is 8.78 Å². The van der Waals surface area contributed by atoms with Crippen molar-refractivity contribution in [2.45, 2.75) is 19.4 Å². The van der Waals surface area contributed by atoms with Crippen molar-refractivity contribution in [1.29, 1.82) is 0 Å². The van der Waals surface area contributed by atoms with E-state index in [1.54, 1.807) is 6.08 Å². The van der Waals surface area contributed by atoms with Crippen LogP contribution < -0.4 is 11.5 Å². The fourth-order valence-electron chi connectivity index (χ4n) is 1.02. The Bertz CT molecular complexity index is 384. The number of hydrogen-bond donors (Lipinski definition) is 2. The minimum absolute atomic E-state index is 0. The maximum Gasteiger partial charge on any atom is 0.201 e. The lowest BCUT2D eigenvalue weighted by atomic mass is 10.2. The molecule has 1 atom stereocenters. The van der Waals surface area contributed by atoms with Crippen molar-refractivity contribution < 1.29 is 8.78 Å². The molecule has 4 N–H and O–H groups in total. The minimum Gasteiger partial charge on any atom is -0.381 e. The average Bonchev–Trinajstić information content (AvgIpc) is 2.18. The molecule has 0 saturated carbocycles. The summed E-state index contributed by atoms with van der Waals surface area (Å²) in [6, 6.07) is -0.0177. The molecule has 0 radical (unpaired) electrons. The largest absolute Gasteiger partial charge is 0.381 e. The molecule has 0 unspecified atom stereocenters. The zero-order valence-corrected chi connectivity index (χ0v) is 10.8. The van der Waals surface area contributed by atoms with Gasteiger partial charge in [0.2, 0.25) is 5.82 Å². The highest BCUT2D eigenvalue weighted by molar-refractivity contribution is 5.85. The van der Waals surface area contributed by atoms with E-state index >= 15 is 0 Å². The van der Waals surface area contributed by atoms with Crippen LogP contribution in [0.5, 0.6) is 0 Å². The van der Waals surface area contributed by atoms with E-state index in [0.717, 1.165) is 0 Å². The van der Waals surface area contributed by atoms with Crippen molar-refractivity contribution in [3.05, 3.63) is 29.5 Å². The van der Waals surface area contributed by atoms with Gasteiger partial charge in [-0.2, -0.15) is 4.39 Å². The van der Waals surface area contributed by atoms with E-state index in [0.29, 0.717) is 6.42 Å². The Balaban J connectivity index is 0. The van der Waals surface area contributed by atoms with E-state index in [-0.39, 0.29) is 36.4 Å². The molecule has 1 aromatic rings. The third kappa shape index (κ3) is 5.30. The fraction of sp³-hybridized carbons (Fsp3) is 0.300. The first-order valence-corrected chi connectivity index (χ1v) is 4.54. The zero-order valence-electron chi connectivity index (χ0n) is 9.19. The predicted octanol–water partition coefficient (Wildman–Crippen LogP) is 2.54. The molecule has 0 amide bonds. The highest BCUT2D eigenvalue weighted by atomic mass is 35.5. The maximum atomic E-state index is 13.2. The Kier molecular flexibility index (Phi) is 8.92. The number of nitrogens with zero attached hydrogens (tertiary/aromatic N) is 1. The average molecular weight is 286 g/mol. The summed E-state index contributed by atoms with van der Waals surface area (Å²) in [6.07, 6.45) is 4.88. The molecule has 0 aliphatic carbocycles. The number of rotatable bonds is 3. The number of anilines is 1. The molecule has 0 spiro atoms. The molecular formula is C10H15Cl2F2N3. The monoisotopic (exact) mass is 285 g/mol. The second kappa shape index (κ2) is 8.22. The lowest BCUT2D eigenvalue weighted by Crippen LogP contribution is -2.12. The van der Waals surface area contributed by atoms with Gasteiger partial charge in [-0.25, -0.2) is 9.37 Å². The first kappa shape index (κ1) is 18.5. The second-order valence-corrected chi connectivity index (χ2v) is 3.34. The van der Waals surface area contributed by atoms with Gasteiger partial charge < -0.3 is 11.5 Å². The number of hydrogen-bond acceptors (Lipinski definition) is 3. The maximum absolute atomic E-state index is 13.2. The highest BCUT2D eigenvalue weighted by Gasteiger charge is 2.10. The van der Waals surface area contributed by atoms with E-state index in [1.165, 1.54) is 12.3 Å². The summed E-state index contributed by atoms with van der Waals surface area (Å²) < 4.78 is 26.2. The van der Waals surface area contributed by atoms with Gasteiger partial charge in [0.15, 0.2) is 11.6 Å². The van der Waals surface area contributed by atoms with Crippen molar-refractivity contribution in [2.24, 2.45) is 5.73 Å². The van der Waals surface area contributed by atoms with Gasteiger partial charge >= 0.3 is 0 Å². The van der Waals surface area contributed by atoms with Gasteiger partial charge in [-0.05, 0) is 13.3 Å². The first-order valence-electron chi connectivity index (χ1n) is 4.54. The predicted molar refractivity (Wildman–Crippen MR) is 70.4 cm³/mol. The molecule has 0 bridgehead atoms. The molecule has 3 nitrogen and oxygen atoms in total. The Hall–Kier alpha value is -0.910. The third-order valence-electron chi connectivity index (χ3n) is 1.82. The number of aromatic nitrogens is 1. The summed E-state index contributed by atoms with van der Waals surface area (Å²) in [5.74, 6) is -2.53. The normalized spacial score (nSPS) is 11.8. The molecule has 7 heteroatoms. The van der Waals surface area contributed by atoms with Crippen LogP contribution in [0.3, 0.4) is 0 Å². The van der Waals surface area contributed by atoms with Crippen LogP contribution in [0.25, 0.3) is 6.08 Å². The fourth-order valence-corrected chi connectivity index (χ4v) is 1.02. The lowest BCUT2D eigenvalue weighted by Gasteiger charge is -2.01. The molecular weight excluding hydrogens is 271 g/mol. The Morgan fingerprint density at radius 3 is 2.47 bits per heavy atom. The van der Waals surface area contributed by atoms with E-state index in [2.05, 4.69) is 4.98 Å². The van der Waals surface area contributed by atoms with Crippen LogP contribution in [-0.4, -0.2) is 11.0 Å². The summed E-state index contributed by atoms with van der Waals surface area (Å²) in [5, 5.41) is 0. The summed E-state index contributed by atoms with van der Waals surface area (Å²) in [5.41, 5.74) is 10.7. The van der Waals surface area contributed by atoms with E-state index in [1.807, 2.05) is 6.92 Å². The van der Waals surface area contributed by atoms with Crippen LogP contribution in [0.1, 0.15) is 18.9 Å². The molecule has 1 rings (SSSR count). The first-order chi connectivity index (χ1) is 7.02. The molecule has 0 aliphatic rings. The quantitative estimate of drug-likeness (QED) is 0.897. The Morgan fingerprint density at radius 1 is 1.35 bits per heavy atom. The van der Waals surface area contributed by atoms with Gasteiger partial charge in [-0.3, -0.25) is 0 Å². The van der Waals surface area contributed by atoms with Crippen molar-refractivity contribution in [3.63, 3.8) is 0 Å². The van der Waals surface area contributed by atoms with Crippen LogP contribution in [0.4, 0.5) is 14.6 Å². The van der Waals surface area contributed by atoms with Crippen LogP contribution in [0, 0.1) is 11.6 Å². The van der Waals surface area contributed by atoms with E-state index in [4.69, 9.17) is 11.5 Å². The van der Waals surface area contributed by atoms with Crippen molar-refractivity contribution in [1.82, 2.24) is 4.98 Å². The lowest BCUT2D eigenvalue weighted by molar-refractivity contribution is 0.506.